The van der Waals surface area contributed by atoms with Crippen molar-refractivity contribution < 1.29 is 14.0 Å². The first-order valence-corrected chi connectivity index (χ1v) is 7.60. The van der Waals surface area contributed by atoms with E-state index in [1.807, 2.05) is 32.9 Å². The zero-order chi connectivity index (χ0) is 17.0. The number of furan rings is 1. The van der Waals surface area contributed by atoms with Crippen LogP contribution < -0.4 is 10.6 Å². The molecule has 0 spiro atoms. The van der Waals surface area contributed by atoms with Crippen LogP contribution >= 0.6 is 0 Å². The zero-order valence-corrected chi connectivity index (χ0v) is 13.8. The molecule has 2 atom stereocenters. The summed E-state index contributed by atoms with van der Waals surface area (Å²) < 4.78 is 5.01. The van der Waals surface area contributed by atoms with Crippen LogP contribution in [0.2, 0.25) is 0 Å². The monoisotopic (exact) mass is 314 g/mol. The number of rotatable bonds is 5. The van der Waals surface area contributed by atoms with E-state index in [1.54, 1.807) is 19.1 Å². The van der Waals surface area contributed by atoms with Gasteiger partial charge in [-0.2, -0.15) is 0 Å². The van der Waals surface area contributed by atoms with Crippen molar-refractivity contribution in [1.29, 1.82) is 0 Å². The first-order valence-electron chi connectivity index (χ1n) is 7.60. The van der Waals surface area contributed by atoms with Gasteiger partial charge in [-0.3, -0.25) is 9.59 Å². The quantitative estimate of drug-likeness (QED) is 0.891. The van der Waals surface area contributed by atoms with Crippen LogP contribution in [0, 0.1) is 13.8 Å². The Kier molecular flexibility index (Phi) is 5.21. The van der Waals surface area contributed by atoms with Crippen molar-refractivity contribution >= 4 is 11.8 Å². The van der Waals surface area contributed by atoms with Gasteiger partial charge in [0.1, 0.15) is 6.04 Å². The van der Waals surface area contributed by atoms with Gasteiger partial charge in [-0.05, 0) is 51.0 Å². The maximum atomic E-state index is 12.3. The fraction of sp³-hybridized carbons (Fsp3) is 0.333. The van der Waals surface area contributed by atoms with Gasteiger partial charge in [-0.15, -0.1) is 0 Å². The number of benzene rings is 1. The molecule has 0 aliphatic heterocycles. The predicted molar refractivity (Wildman–Crippen MR) is 88.1 cm³/mol. The predicted octanol–water partition coefficient (Wildman–Crippen LogP) is 2.89. The van der Waals surface area contributed by atoms with Crippen LogP contribution in [0.5, 0.6) is 0 Å². The molecule has 2 rings (SSSR count). The molecule has 5 nitrogen and oxygen atoms in total. The zero-order valence-electron chi connectivity index (χ0n) is 13.8. The minimum absolute atomic E-state index is 0.134. The van der Waals surface area contributed by atoms with Crippen molar-refractivity contribution in [3.8, 4) is 0 Å². The Labute approximate surface area is 136 Å². The molecule has 23 heavy (non-hydrogen) atoms. The molecule has 0 bridgehead atoms. The average molecular weight is 314 g/mol. The van der Waals surface area contributed by atoms with E-state index in [-0.39, 0.29) is 17.7 Å². The minimum Gasteiger partial charge on any atom is -0.459 e. The highest BCUT2D eigenvalue weighted by atomic mass is 16.3. The Morgan fingerprint density at radius 1 is 1.09 bits per heavy atom. The summed E-state index contributed by atoms with van der Waals surface area (Å²) in [6, 6.07) is 8.54. The summed E-state index contributed by atoms with van der Waals surface area (Å²) in [6.45, 7) is 7.61. The molecule has 2 N–H and O–H groups in total. The van der Waals surface area contributed by atoms with Crippen molar-refractivity contribution in [2.45, 2.75) is 39.8 Å². The molecular formula is C18H22N2O3. The molecule has 0 aliphatic carbocycles. The standard InChI is InChI=1S/C18H22N2O3/c1-11-7-8-12(2)15(10-11)13(3)19-17(21)14(4)20-18(22)16-6-5-9-23-16/h5-10,13-14H,1-4H3,(H,19,21)(H,20,22)/t13-,14+/m1/s1. The summed E-state index contributed by atoms with van der Waals surface area (Å²) in [6.07, 6.45) is 1.42. The first-order chi connectivity index (χ1) is 10.9. The van der Waals surface area contributed by atoms with Gasteiger partial charge in [0.25, 0.3) is 5.91 Å². The number of carbonyl (C=O) groups excluding carboxylic acids is 2. The minimum atomic E-state index is -0.653. The van der Waals surface area contributed by atoms with Crippen LogP contribution in [0.1, 0.15) is 47.1 Å². The van der Waals surface area contributed by atoms with Crippen LogP contribution in [0.25, 0.3) is 0 Å². The summed E-state index contributed by atoms with van der Waals surface area (Å²) in [5, 5.41) is 5.55. The number of nitrogens with one attached hydrogen (secondary N) is 2. The van der Waals surface area contributed by atoms with Crippen molar-refractivity contribution in [3.05, 3.63) is 59.0 Å². The van der Waals surface area contributed by atoms with Gasteiger partial charge in [0, 0.05) is 0 Å². The molecule has 0 unspecified atom stereocenters. The summed E-state index contributed by atoms with van der Waals surface area (Å²) in [7, 11) is 0. The van der Waals surface area contributed by atoms with Crippen LogP contribution in [-0.4, -0.2) is 17.9 Å². The van der Waals surface area contributed by atoms with E-state index in [2.05, 4.69) is 16.7 Å². The van der Waals surface area contributed by atoms with Crippen molar-refractivity contribution in [1.82, 2.24) is 10.6 Å². The number of amides is 2. The average Bonchev–Trinajstić information content (AvgIpc) is 3.03. The molecule has 1 aromatic heterocycles. The molecule has 1 heterocycles. The molecule has 0 fully saturated rings. The van der Waals surface area contributed by atoms with Gasteiger partial charge < -0.3 is 15.1 Å². The van der Waals surface area contributed by atoms with E-state index in [0.29, 0.717) is 0 Å². The van der Waals surface area contributed by atoms with E-state index in [0.717, 1.165) is 16.7 Å². The van der Waals surface area contributed by atoms with Gasteiger partial charge in [-0.1, -0.05) is 23.8 Å². The van der Waals surface area contributed by atoms with Crippen LogP contribution in [-0.2, 0) is 4.79 Å². The van der Waals surface area contributed by atoms with E-state index >= 15 is 0 Å². The smallest absolute Gasteiger partial charge is 0.287 e. The molecule has 1 aromatic carbocycles. The topological polar surface area (TPSA) is 71.3 Å². The largest absolute Gasteiger partial charge is 0.459 e. The SMILES string of the molecule is Cc1ccc(C)c([C@@H](C)NC(=O)[C@H](C)NC(=O)c2ccco2)c1. The summed E-state index contributed by atoms with van der Waals surface area (Å²) in [4.78, 5) is 24.2. The Morgan fingerprint density at radius 2 is 1.83 bits per heavy atom. The Morgan fingerprint density at radius 3 is 2.48 bits per heavy atom. The third-order valence-corrected chi connectivity index (χ3v) is 3.75. The molecule has 0 radical (unpaired) electrons. The summed E-state index contributed by atoms with van der Waals surface area (Å²) in [5.41, 5.74) is 3.34. The second-order valence-electron chi connectivity index (χ2n) is 5.76. The molecule has 0 saturated carbocycles. The Hall–Kier alpha value is -2.56. The number of carbonyl (C=O) groups is 2. The lowest BCUT2D eigenvalue weighted by Gasteiger charge is -2.20. The number of hydrogen-bond donors (Lipinski definition) is 2. The third-order valence-electron chi connectivity index (χ3n) is 3.75. The van der Waals surface area contributed by atoms with Gasteiger partial charge in [0.05, 0.1) is 12.3 Å². The van der Waals surface area contributed by atoms with E-state index in [9.17, 15) is 9.59 Å². The molecule has 0 aliphatic rings. The van der Waals surface area contributed by atoms with Crippen molar-refractivity contribution in [2.24, 2.45) is 0 Å². The highest BCUT2D eigenvalue weighted by molar-refractivity contribution is 5.95. The molecule has 5 heteroatoms. The highest BCUT2D eigenvalue weighted by Crippen LogP contribution is 2.18. The van der Waals surface area contributed by atoms with Crippen molar-refractivity contribution in [3.63, 3.8) is 0 Å². The summed E-state index contributed by atoms with van der Waals surface area (Å²) in [5.74, 6) is -0.456. The van der Waals surface area contributed by atoms with Crippen LogP contribution in [0.15, 0.2) is 41.0 Å². The molecule has 0 saturated heterocycles. The third kappa shape index (κ3) is 4.22. The number of hydrogen-bond acceptors (Lipinski definition) is 3. The van der Waals surface area contributed by atoms with Crippen molar-refractivity contribution in [2.75, 3.05) is 0 Å². The Bertz CT molecular complexity index is 692. The van der Waals surface area contributed by atoms with Gasteiger partial charge in [-0.25, -0.2) is 0 Å². The lowest BCUT2D eigenvalue weighted by molar-refractivity contribution is -0.123. The van der Waals surface area contributed by atoms with E-state index < -0.39 is 11.9 Å². The van der Waals surface area contributed by atoms with E-state index in [4.69, 9.17) is 4.42 Å². The highest BCUT2D eigenvalue weighted by Gasteiger charge is 2.20. The van der Waals surface area contributed by atoms with Crippen LogP contribution in [0.4, 0.5) is 0 Å². The Balaban J connectivity index is 1.97. The van der Waals surface area contributed by atoms with Gasteiger partial charge >= 0.3 is 0 Å². The maximum Gasteiger partial charge on any atom is 0.287 e. The van der Waals surface area contributed by atoms with Gasteiger partial charge in [0.15, 0.2) is 5.76 Å². The van der Waals surface area contributed by atoms with E-state index in [1.165, 1.54) is 6.26 Å². The normalized spacial score (nSPS) is 13.2. The first kappa shape index (κ1) is 16.8. The second kappa shape index (κ2) is 7.13. The fourth-order valence-corrected chi connectivity index (χ4v) is 2.38. The lowest BCUT2D eigenvalue weighted by Crippen LogP contribution is -2.45. The van der Waals surface area contributed by atoms with Gasteiger partial charge in [0.2, 0.25) is 5.91 Å². The molecule has 2 aromatic rings. The maximum absolute atomic E-state index is 12.3. The summed E-state index contributed by atoms with van der Waals surface area (Å²) >= 11 is 0. The molecular weight excluding hydrogens is 292 g/mol. The molecule has 2 amide bonds. The lowest BCUT2D eigenvalue weighted by atomic mass is 10.00. The second-order valence-corrected chi connectivity index (χ2v) is 5.76. The number of aryl methyl sites for hydroxylation is 2. The molecule has 122 valence electrons. The van der Waals surface area contributed by atoms with Crippen LogP contribution in [0.3, 0.4) is 0 Å². The fourth-order valence-electron chi connectivity index (χ4n) is 2.38.